The van der Waals surface area contributed by atoms with E-state index in [2.05, 4.69) is 238 Å². The Morgan fingerprint density at radius 3 is 1.95 bits per heavy atom. The van der Waals surface area contributed by atoms with Gasteiger partial charge in [0, 0.05) is 63.0 Å². The van der Waals surface area contributed by atoms with Gasteiger partial charge in [0.2, 0.25) is 0 Å². The number of para-hydroxylation sites is 1. The summed E-state index contributed by atoms with van der Waals surface area (Å²) < 4.78 is 11.9. The molecule has 0 amide bonds. The third-order valence-corrected chi connectivity index (χ3v) is 15.7. The second-order valence-corrected chi connectivity index (χ2v) is 22.4. The molecule has 8 aromatic carbocycles. The molecule has 4 aromatic heterocycles. The van der Waals surface area contributed by atoms with Crippen LogP contribution < -0.4 is 14.5 Å². The second-order valence-electron chi connectivity index (χ2n) is 21.4. The number of hydrogen-bond donors (Lipinski definition) is 0. The van der Waals surface area contributed by atoms with Gasteiger partial charge in [-0.05, 0) is 104 Å². The van der Waals surface area contributed by atoms with E-state index < -0.39 is 0 Å². The Bertz CT molecular complexity index is 4130. The SMILES string of the molecule is CC(C)(C)c1cccc(-c2cccc(-c3cccc(-c4ccccc4)c3)c2N2CN(c3cc(Oc4ccc5c6sc7ccc8ccccc8c7c6n(-c6ccccn6)c5c4)cc(C(C)(C)C)c3)c3nccnc32)c1. The molecule has 0 bridgehead atoms. The minimum atomic E-state index is -0.202. The van der Waals surface area contributed by atoms with E-state index in [4.69, 9.17) is 19.7 Å². The van der Waals surface area contributed by atoms with Gasteiger partial charge in [-0.1, -0.05) is 169 Å². The molecule has 0 atom stereocenters. The van der Waals surface area contributed by atoms with Gasteiger partial charge in [-0.3, -0.25) is 4.57 Å². The van der Waals surface area contributed by atoms with Crippen molar-refractivity contribution in [3.8, 4) is 50.7 Å². The number of thiophene rings is 1. The average molecular weight is 979 g/mol. The van der Waals surface area contributed by atoms with Gasteiger partial charge in [-0.15, -0.1) is 11.3 Å². The van der Waals surface area contributed by atoms with Crippen LogP contribution in [0.2, 0.25) is 0 Å². The van der Waals surface area contributed by atoms with Crippen LogP contribution in [-0.4, -0.2) is 26.2 Å². The summed E-state index contributed by atoms with van der Waals surface area (Å²) in [7, 11) is 0. The minimum absolute atomic E-state index is 0.0337. The van der Waals surface area contributed by atoms with Crippen LogP contribution in [0.15, 0.2) is 207 Å². The highest BCUT2D eigenvalue weighted by molar-refractivity contribution is 7.27. The van der Waals surface area contributed by atoms with Crippen LogP contribution in [0.1, 0.15) is 52.7 Å². The van der Waals surface area contributed by atoms with Crippen molar-refractivity contribution in [3.05, 3.63) is 218 Å². The molecule has 1 aliphatic rings. The van der Waals surface area contributed by atoms with Gasteiger partial charge in [0.05, 0.1) is 21.4 Å². The van der Waals surface area contributed by atoms with Crippen molar-refractivity contribution in [2.24, 2.45) is 0 Å². The molecule has 0 radical (unpaired) electrons. The maximum absolute atomic E-state index is 7.08. The van der Waals surface area contributed by atoms with Gasteiger partial charge in [0.25, 0.3) is 0 Å². The Labute approximate surface area is 435 Å². The van der Waals surface area contributed by atoms with E-state index in [-0.39, 0.29) is 10.8 Å². The van der Waals surface area contributed by atoms with Gasteiger partial charge >= 0.3 is 0 Å². The highest BCUT2D eigenvalue weighted by Crippen LogP contribution is 2.51. The molecule has 0 aliphatic carbocycles. The van der Waals surface area contributed by atoms with Crippen molar-refractivity contribution in [1.29, 1.82) is 0 Å². The van der Waals surface area contributed by atoms with Gasteiger partial charge in [-0.25, -0.2) is 15.0 Å². The second kappa shape index (κ2) is 17.6. The van der Waals surface area contributed by atoms with Crippen LogP contribution in [0.25, 0.3) is 81.2 Å². The molecule has 74 heavy (non-hydrogen) atoms. The smallest absolute Gasteiger partial charge is 0.178 e. The summed E-state index contributed by atoms with van der Waals surface area (Å²) >= 11 is 1.83. The number of anilines is 4. The van der Waals surface area contributed by atoms with E-state index in [0.29, 0.717) is 6.67 Å². The highest BCUT2D eigenvalue weighted by Gasteiger charge is 2.35. The van der Waals surface area contributed by atoms with E-state index in [1.54, 1.807) is 12.4 Å². The topological polar surface area (TPSA) is 59.3 Å². The van der Waals surface area contributed by atoms with E-state index in [0.717, 1.165) is 84.6 Å². The van der Waals surface area contributed by atoms with Crippen LogP contribution >= 0.6 is 11.3 Å². The number of nitrogens with zero attached hydrogens (tertiary/aromatic N) is 6. The zero-order valence-corrected chi connectivity index (χ0v) is 43.2. The predicted octanol–water partition coefficient (Wildman–Crippen LogP) is 18.0. The van der Waals surface area contributed by atoms with Crippen molar-refractivity contribution >= 4 is 76.3 Å². The van der Waals surface area contributed by atoms with Crippen molar-refractivity contribution in [2.75, 3.05) is 16.5 Å². The summed E-state index contributed by atoms with van der Waals surface area (Å²) in [4.78, 5) is 19.8. The first-order valence-corrected chi connectivity index (χ1v) is 26.2. The average Bonchev–Trinajstić information content (AvgIpc) is 4.10. The van der Waals surface area contributed by atoms with Crippen LogP contribution in [0.3, 0.4) is 0 Å². The molecule has 0 saturated carbocycles. The molecule has 12 aromatic rings. The standard InChI is InChI=1S/C66H54N6OS/c1-65(2,3)47-23-15-22-46(36-47)54-26-16-25-53(45-21-14-20-44(35-45)42-17-8-7-9-18-42)60(54)71-41-70(63-64(71)69-34-33-68-63)49-37-48(66(4,5)6)38-51(39-49)73-50-29-30-55-56(40-50)72(58-27-12-13-32-67-58)61-59-52-24-11-10-19-43(52)28-31-57(59)74-62(55)61/h7-40H,41H2,1-6H3. The summed E-state index contributed by atoms with van der Waals surface area (Å²) in [5, 5.41) is 4.86. The normalized spacial score (nSPS) is 12.9. The van der Waals surface area contributed by atoms with Gasteiger partial charge in [-0.2, -0.15) is 0 Å². The Kier molecular flexibility index (Phi) is 10.8. The molecule has 13 rings (SSSR count). The fourth-order valence-corrected chi connectivity index (χ4v) is 12.0. The molecule has 7 nitrogen and oxygen atoms in total. The third kappa shape index (κ3) is 7.85. The Balaban J connectivity index is 0.945. The predicted molar refractivity (Wildman–Crippen MR) is 309 cm³/mol. The van der Waals surface area contributed by atoms with Crippen LogP contribution in [-0.2, 0) is 10.8 Å². The number of hydrogen-bond acceptors (Lipinski definition) is 7. The molecule has 0 unspecified atom stereocenters. The van der Waals surface area contributed by atoms with E-state index in [9.17, 15) is 0 Å². The maximum atomic E-state index is 7.08. The van der Waals surface area contributed by atoms with Gasteiger partial charge < -0.3 is 14.5 Å². The summed E-state index contributed by atoms with van der Waals surface area (Å²) in [6.45, 7) is 14.1. The summed E-state index contributed by atoms with van der Waals surface area (Å²) in [5.41, 5.74) is 13.3. The zero-order chi connectivity index (χ0) is 50.3. The van der Waals surface area contributed by atoms with E-state index in [1.807, 2.05) is 23.6 Å². The first kappa shape index (κ1) is 45.3. The molecule has 5 heterocycles. The van der Waals surface area contributed by atoms with Gasteiger partial charge in [0.1, 0.15) is 24.0 Å². The van der Waals surface area contributed by atoms with E-state index in [1.165, 1.54) is 42.2 Å². The minimum Gasteiger partial charge on any atom is -0.457 e. The zero-order valence-electron chi connectivity index (χ0n) is 42.3. The van der Waals surface area contributed by atoms with Gasteiger partial charge in [0.15, 0.2) is 11.6 Å². The lowest BCUT2D eigenvalue weighted by molar-refractivity contribution is 0.479. The molecule has 0 saturated heterocycles. The summed E-state index contributed by atoms with van der Waals surface area (Å²) in [5.74, 6) is 3.91. The lowest BCUT2D eigenvalue weighted by Crippen LogP contribution is -2.26. The maximum Gasteiger partial charge on any atom is 0.178 e. The largest absolute Gasteiger partial charge is 0.457 e. The summed E-state index contributed by atoms with van der Waals surface area (Å²) in [6.07, 6.45) is 5.47. The molecular formula is C66H54N6OS. The molecule has 360 valence electrons. The molecule has 0 spiro atoms. The first-order valence-electron chi connectivity index (χ1n) is 25.3. The molecule has 1 aliphatic heterocycles. The van der Waals surface area contributed by atoms with Crippen molar-refractivity contribution in [2.45, 2.75) is 52.4 Å². The number of benzene rings is 8. The quantitative estimate of drug-likeness (QED) is 0.151. The Hall–Kier alpha value is -8.59. The Morgan fingerprint density at radius 2 is 1.18 bits per heavy atom. The molecule has 0 fully saturated rings. The van der Waals surface area contributed by atoms with Crippen LogP contribution in [0.5, 0.6) is 11.5 Å². The molecular weight excluding hydrogens is 925 g/mol. The highest BCUT2D eigenvalue weighted by atomic mass is 32.1. The molecule has 0 N–H and O–H groups in total. The number of ether oxygens (including phenoxy) is 1. The first-order chi connectivity index (χ1) is 35.9. The Morgan fingerprint density at radius 1 is 0.486 bits per heavy atom. The number of pyridine rings is 1. The monoisotopic (exact) mass is 978 g/mol. The third-order valence-electron chi connectivity index (χ3n) is 14.5. The fraction of sp³-hybridized carbons (Fsp3) is 0.136. The number of aromatic nitrogens is 4. The lowest BCUT2D eigenvalue weighted by atomic mass is 9.85. The summed E-state index contributed by atoms with van der Waals surface area (Å²) in [6, 6.07) is 67.6. The number of rotatable bonds is 8. The van der Waals surface area contributed by atoms with Crippen molar-refractivity contribution in [3.63, 3.8) is 0 Å². The van der Waals surface area contributed by atoms with Crippen LogP contribution in [0.4, 0.5) is 23.0 Å². The number of fused-ring (bicyclic) bond motifs is 8. The fourth-order valence-electron chi connectivity index (χ4n) is 10.7. The van der Waals surface area contributed by atoms with Crippen molar-refractivity contribution < 1.29 is 4.74 Å². The van der Waals surface area contributed by atoms with Crippen LogP contribution in [0, 0.1) is 0 Å². The van der Waals surface area contributed by atoms with E-state index >= 15 is 0 Å². The molecule has 8 heteroatoms. The lowest BCUT2D eigenvalue weighted by Gasteiger charge is -2.28. The van der Waals surface area contributed by atoms with Crippen molar-refractivity contribution in [1.82, 2.24) is 19.5 Å².